The normalized spacial score (nSPS) is 18.4. The van der Waals surface area contributed by atoms with Crippen molar-refractivity contribution in [3.05, 3.63) is 187 Å². The molecule has 1 unspecified atom stereocenters. The molecule has 385 valence electrons. The van der Waals surface area contributed by atoms with Crippen LogP contribution in [-0.2, 0) is 58.6 Å². The fourth-order valence-corrected chi connectivity index (χ4v) is 11.9. The Morgan fingerprint density at radius 2 is 1.16 bits per heavy atom. The van der Waals surface area contributed by atoms with E-state index in [-0.39, 0.29) is 37.6 Å². The fraction of sp³-hybridized carbons (Fsp3) is 0.288. The standard InChI is InChI=1S/C59H53F3N9O3.Ir/c60-46-29-49-57-52(32-46)72-67-23-3-9-43(35-67)7-1-6-39-12-14-41-18-24-70-55(27-41)68-37-65(50-30-47(61)33-53(73-70)58(50)68)21-2-8-40-16-17-44(45(26-40)11-5-20-64(49)36-63-57)10-4-22-66-38-69-56-28-42(15-13-39)19-25-71(56)74-54-34-48(62)31-51(66)59(54)69;/h9,16-19,23-26,29-39,63H,1-2,4-8,10-15,20-22H2;/q-3;. The monoisotopic (exact) mass is 1190 g/mol. The van der Waals surface area contributed by atoms with Gasteiger partial charge in [-0.25, -0.2) is 35.2 Å². The van der Waals surface area contributed by atoms with Crippen molar-refractivity contribution in [3.63, 3.8) is 0 Å². The summed E-state index contributed by atoms with van der Waals surface area (Å²) in [7, 11) is 0. The molecule has 1 radical (unpaired) electrons. The van der Waals surface area contributed by atoms with Crippen LogP contribution in [0.5, 0.6) is 17.2 Å². The van der Waals surface area contributed by atoms with Gasteiger partial charge in [-0.3, -0.25) is 9.68 Å². The molecule has 8 aliphatic heterocycles. The summed E-state index contributed by atoms with van der Waals surface area (Å²) in [5.74, 6) is 2.09. The molecule has 12 nitrogen and oxygen atoms in total. The number of anilines is 8. The third-order valence-corrected chi connectivity index (χ3v) is 15.5. The van der Waals surface area contributed by atoms with Gasteiger partial charge in [0.15, 0.2) is 11.4 Å². The minimum Gasteiger partial charge on any atom is -0.511 e. The quantitative estimate of drug-likeness (QED) is 0.118. The molecule has 0 amide bonds. The van der Waals surface area contributed by atoms with Crippen molar-refractivity contribution in [3.8, 4) is 17.2 Å². The molecule has 16 heteroatoms. The van der Waals surface area contributed by atoms with Crippen molar-refractivity contribution >= 4 is 45.8 Å². The Labute approximate surface area is 448 Å². The molecule has 8 aliphatic rings. The van der Waals surface area contributed by atoms with Crippen molar-refractivity contribution in [1.82, 2.24) is 0 Å². The average Bonchev–Trinajstić information content (AvgIpc) is 4.10. The van der Waals surface area contributed by atoms with Gasteiger partial charge >= 0.3 is 0 Å². The van der Waals surface area contributed by atoms with Crippen LogP contribution in [0.25, 0.3) is 0 Å². The second-order valence-corrected chi connectivity index (χ2v) is 20.4. The van der Waals surface area contributed by atoms with Gasteiger partial charge in [-0.05, 0) is 117 Å². The second-order valence-electron chi connectivity index (χ2n) is 20.4. The average molecular weight is 1190 g/mol. The summed E-state index contributed by atoms with van der Waals surface area (Å²) >= 11 is 0. The Morgan fingerprint density at radius 3 is 1.83 bits per heavy atom. The Morgan fingerprint density at radius 1 is 0.573 bits per heavy atom. The van der Waals surface area contributed by atoms with Gasteiger partial charge in [-0.1, -0.05) is 73.1 Å². The van der Waals surface area contributed by atoms with Crippen molar-refractivity contribution in [1.29, 1.82) is 0 Å². The zero-order valence-electron chi connectivity index (χ0n) is 41.1. The minimum absolute atomic E-state index is 0. The third-order valence-electron chi connectivity index (χ3n) is 15.5. The number of nitrogens with one attached hydrogen (secondary N) is 1. The fourth-order valence-electron chi connectivity index (χ4n) is 11.9. The summed E-state index contributed by atoms with van der Waals surface area (Å²) in [5, 5.41) is 3.38. The Hall–Kier alpha value is -7.03. The molecule has 75 heavy (non-hydrogen) atoms. The number of hydrogen-bond donors (Lipinski definition) is 1. The predicted molar refractivity (Wildman–Crippen MR) is 271 cm³/mol. The number of halogens is 3. The van der Waals surface area contributed by atoms with E-state index in [9.17, 15) is 0 Å². The van der Waals surface area contributed by atoms with E-state index >= 15 is 13.2 Å². The van der Waals surface area contributed by atoms with Crippen LogP contribution in [0.15, 0.2) is 97.6 Å². The number of hydrogen-bond acceptors (Lipinski definition) is 9. The van der Waals surface area contributed by atoms with Gasteiger partial charge in [0.1, 0.15) is 29.8 Å². The first-order valence-corrected chi connectivity index (χ1v) is 26.0. The van der Waals surface area contributed by atoms with E-state index in [2.05, 4.69) is 91.7 Å². The molecular formula is C59H53F3IrN9O3-3. The van der Waals surface area contributed by atoms with Gasteiger partial charge in [-0.2, -0.15) is 24.9 Å². The van der Waals surface area contributed by atoms with Crippen LogP contribution in [0, 0.1) is 61.6 Å². The third kappa shape index (κ3) is 9.03. The molecule has 0 spiro atoms. The Kier molecular flexibility index (Phi) is 12.5. The van der Waals surface area contributed by atoms with Crippen molar-refractivity contribution in [2.45, 2.75) is 83.5 Å². The SMILES string of the molecule is Fc1cc2c3c(c1)N([CH-]N3)CCCc1cc3ccc1CCCN1[CH-]N4c5c(cc(F)cc51)O[n+]1ccc([c-]c14)CCC(CCCc1c[c-]c[n+](c1)O2)CCc1[c-]c2[n+](cc1)Oc1cc(F)cc4c1N2[CH-]N4CCC3.[Ir]. The minimum atomic E-state index is -0.377. The number of pyridine rings is 3. The van der Waals surface area contributed by atoms with Crippen molar-refractivity contribution in [2.24, 2.45) is 5.92 Å². The van der Waals surface area contributed by atoms with E-state index in [0.29, 0.717) is 48.5 Å². The van der Waals surface area contributed by atoms with Crippen LogP contribution < -0.4 is 58.5 Å². The maximum atomic E-state index is 15.5. The maximum absolute atomic E-state index is 15.5. The second kappa shape index (κ2) is 19.6. The molecule has 0 fully saturated rings. The van der Waals surface area contributed by atoms with Crippen LogP contribution in [0.4, 0.5) is 58.9 Å². The van der Waals surface area contributed by atoms with E-state index in [4.69, 9.17) is 14.5 Å². The van der Waals surface area contributed by atoms with Gasteiger partial charge in [0.2, 0.25) is 28.9 Å². The van der Waals surface area contributed by atoms with Gasteiger partial charge in [0.25, 0.3) is 0 Å². The molecule has 1 N–H and O–H groups in total. The predicted octanol–water partition coefficient (Wildman–Crippen LogP) is 9.75. The smallest absolute Gasteiger partial charge is 0.229 e. The first kappa shape index (κ1) is 47.7. The van der Waals surface area contributed by atoms with Crippen LogP contribution in [0.2, 0.25) is 0 Å². The van der Waals surface area contributed by atoms with E-state index in [1.54, 1.807) is 38.6 Å². The van der Waals surface area contributed by atoms with E-state index in [1.807, 2.05) is 31.3 Å². The number of rotatable bonds is 0. The summed E-state index contributed by atoms with van der Waals surface area (Å²) in [6.45, 7) is 8.02. The van der Waals surface area contributed by atoms with Crippen LogP contribution in [0.3, 0.4) is 0 Å². The molecule has 7 aromatic rings. The molecule has 0 aliphatic carbocycles. The zero-order chi connectivity index (χ0) is 49.4. The molecule has 0 saturated heterocycles. The van der Waals surface area contributed by atoms with Gasteiger partial charge in [0, 0.05) is 44.0 Å². The molecule has 15 rings (SSSR count). The maximum Gasteiger partial charge on any atom is 0.229 e. The number of aryl methyl sites for hydroxylation is 6. The van der Waals surface area contributed by atoms with Crippen molar-refractivity contribution < 1.29 is 62.0 Å². The zero-order valence-corrected chi connectivity index (χ0v) is 43.5. The molecular weight excluding hydrogens is 1130 g/mol. The van der Waals surface area contributed by atoms with Gasteiger partial charge in [0.05, 0.1) is 29.5 Å². The number of aromatic nitrogens is 3. The molecule has 4 aromatic carbocycles. The van der Waals surface area contributed by atoms with Gasteiger partial charge < -0.3 is 29.8 Å². The summed E-state index contributed by atoms with van der Waals surface area (Å²) in [6.07, 6.45) is 18.5. The number of nitrogens with zero attached hydrogens (tertiary/aromatic N) is 8. The molecule has 0 saturated carbocycles. The van der Waals surface area contributed by atoms with E-state index in [1.165, 1.54) is 34.9 Å². The molecule has 11 heterocycles. The van der Waals surface area contributed by atoms with E-state index < -0.39 is 0 Å². The summed E-state index contributed by atoms with van der Waals surface area (Å²) in [5.41, 5.74) is 11.6. The molecule has 1 atom stereocenters. The topological polar surface area (TPSA) is 67.6 Å². The van der Waals surface area contributed by atoms with Crippen LogP contribution in [0.1, 0.15) is 78.3 Å². The summed E-state index contributed by atoms with van der Waals surface area (Å²) < 4.78 is 51.2. The Balaban J connectivity index is 0.00000541. The molecule has 3 aromatic heterocycles. The van der Waals surface area contributed by atoms with Crippen molar-refractivity contribution in [2.75, 3.05) is 49.5 Å². The molecule has 18 bridgehead atoms. The first-order valence-electron chi connectivity index (χ1n) is 26.0. The summed E-state index contributed by atoms with van der Waals surface area (Å²) in [6, 6.07) is 32.8. The number of benzene rings is 4. The van der Waals surface area contributed by atoms with Crippen LogP contribution >= 0.6 is 0 Å². The Bertz CT molecular complexity index is 3380. The first-order chi connectivity index (χ1) is 36.3. The number of fused-ring (bicyclic) bond motifs is 6. The summed E-state index contributed by atoms with van der Waals surface area (Å²) in [4.78, 5) is 29.6. The van der Waals surface area contributed by atoms with E-state index in [0.717, 1.165) is 140 Å². The van der Waals surface area contributed by atoms with Crippen LogP contribution in [-0.4, -0.2) is 19.6 Å². The van der Waals surface area contributed by atoms with Gasteiger partial charge in [-0.15, -0.1) is 17.7 Å². The largest absolute Gasteiger partial charge is 0.511 e.